The molecule has 1 aromatic rings. The van der Waals surface area contributed by atoms with Crippen LogP contribution in [0.5, 0.6) is 5.75 Å². The van der Waals surface area contributed by atoms with Gasteiger partial charge in [0, 0.05) is 13.1 Å². The molecule has 1 fully saturated rings. The number of hydrogen-bond acceptors (Lipinski definition) is 4. The second-order valence-corrected chi connectivity index (χ2v) is 4.05. The Kier molecular flexibility index (Phi) is 4.79. The van der Waals surface area contributed by atoms with Crippen molar-refractivity contribution in [3.63, 3.8) is 0 Å². The van der Waals surface area contributed by atoms with Crippen molar-refractivity contribution in [2.24, 2.45) is 0 Å². The summed E-state index contributed by atoms with van der Waals surface area (Å²) in [7, 11) is 1.67. The SMILES string of the molecule is COc1ccc(CNCC2COCCO2)cc1. The van der Waals surface area contributed by atoms with Crippen LogP contribution < -0.4 is 10.1 Å². The summed E-state index contributed by atoms with van der Waals surface area (Å²) in [5.74, 6) is 0.887. The van der Waals surface area contributed by atoms with Crippen molar-refractivity contribution in [3.05, 3.63) is 29.8 Å². The standard InChI is InChI=1S/C13H19NO3/c1-15-12-4-2-11(3-5-12)8-14-9-13-10-16-6-7-17-13/h2-5,13-14H,6-10H2,1H3. The van der Waals surface area contributed by atoms with Gasteiger partial charge in [0.15, 0.2) is 0 Å². The maximum Gasteiger partial charge on any atom is 0.118 e. The largest absolute Gasteiger partial charge is 0.497 e. The summed E-state index contributed by atoms with van der Waals surface area (Å²) in [6.45, 7) is 3.77. The van der Waals surface area contributed by atoms with Gasteiger partial charge in [-0.05, 0) is 17.7 Å². The molecule has 2 rings (SSSR count). The molecule has 0 aliphatic carbocycles. The molecular weight excluding hydrogens is 218 g/mol. The van der Waals surface area contributed by atoms with Crippen LogP contribution in [0.15, 0.2) is 24.3 Å². The lowest BCUT2D eigenvalue weighted by atomic mass is 10.2. The molecule has 1 saturated heterocycles. The molecule has 1 unspecified atom stereocenters. The van der Waals surface area contributed by atoms with Gasteiger partial charge in [-0.3, -0.25) is 0 Å². The molecule has 0 radical (unpaired) electrons. The molecule has 1 atom stereocenters. The van der Waals surface area contributed by atoms with Gasteiger partial charge in [0.05, 0.1) is 33.0 Å². The van der Waals surface area contributed by atoms with E-state index >= 15 is 0 Å². The number of hydrogen-bond donors (Lipinski definition) is 1. The lowest BCUT2D eigenvalue weighted by Crippen LogP contribution is -2.37. The highest BCUT2D eigenvalue weighted by molar-refractivity contribution is 5.26. The lowest BCUT2D eigenvalue weighted by molar-refractivity contribution is -0.0864. The molecular formula is C13H19NO3. The second-order valence-electron chi connectivity index (χ2n) is 4.05. The lowest BCUT2D eigenvalue weighted by Gasteiger charge is -2.23. The normalized spacial score (nSPS) is 20.2. The van der Waals surface area contributed by atoms with Crippen LogP contribution in [0.3, 0.4) is 0 Å². The van der Waals surface area contributed by atoms with E-state index in [1.54, 1.807) is 7.11 Å². The van der Waals surface area contributed by atoms with Crippen LogP contribution in [0.1, 0.15) is 5.56 Å². The maximum atomic E-state index is 5.54. The molecule has 0 bridgehead atoms. The fraction of sp³-hybridized carbons (Fsp3) is 0.538. The summed E-state index contributed by atoms with van der Waals surface area (Å²) in [4.78, 5) is 0. The molecule has 4 nitrogen and oxygen atoms in total. The van der Waals surface area contributed by atoms with Crippen LogP contribution in [0, 0.1) is 0 Å². The molecule has 94 valence electrons. The Labute approximate surface area is 102 Å². The topological polar surface area (TPSA) is 39.7 Å². The van der Waals surface area contributed by atoms with Crippen molar-refractivity contribution in [2.75, 3.05) is 33.5 Å². The van der Waals surface area contributed by atoms with Gasteiger partial charge in [-0.25, -0.2) is 0 Å². The van der Waals surface area contributed by atoms with Crippen LogP contribution in [0.25, 0.3) is 0 Å². The maximum absolute atomic E-state index is 5.54. The monoisotopic (exact) mass is 237 g/mol. The first-order valence-corrected chi connectivity index (χ1v) is 5.91. The predicted octanol–water partition coefficient (Wildman–Crippen LogP) is 1.20. The van der Waals surface area contributed by atoms with E-state index in [0.29, 0.717) is 13.2 Å². The highest BCUT2D eigenvalue weighted by Gasteiger charge is 2.13. The first-order chi connectivity index (χ1) is 8.38. The number of methoxy groups -OCH3 is 1. The Hall–Kier alpha value is -1.10. The molecule has 1 N–H and O–H groups in total. The summed E-state index contributed by atoms with van der Waals surface area (Å²) in [5, 5.41) is 3.36. The quantitative estimate of drug-likeness (QED) is 0.835. The smallest absolute Gasteiger partial charge is 0.118 e. The van der Waals surface area contributed by atoms with E-state index in [-0.39, 0.29) is 6.10 Å². The van der Waals surface area contributed by atoms with Gasteiger partial charge in [0.1, 0.15) is 5.75 Å². The zero-order chi connectivity index (χ0) is 11.9. The summed E-state index contributed by atoms with van der Waals surface area (Å²) >= 11 is 0. The minimum Gasteiger partial charge on any atom is -0.497 e. The summed E-state index contributed by atoms with van der Waals surface area (Å²) in [5.41, 5.74) is 1.24. The Morgan fingerprint density at radius 2 is 2.12 bits per heavy atom. The molecule has 1 aromatic carbocycles. The van der Waals surface area contributed by atoms with E-state index in [1.165, 1.54) is 5.56 Å². The summed E-state index contributed by atoms with van der Waals surface area (Å²) < 4.78 is 16.0. The van der Waals surface area contributed by atoms with Gasteiger partial charge in [0.2, 0.25) is 0 Å². The minimum absolute atomic E-state index is 0.182. The highest BCUT2D eigenvalue weighted by atomic mass is 16.6. The average molecular weight is 237 g/mol. The Balaban J connectivity index is 1.69. The molecule has 4 heteroatoms. The first-order valence-electron chi connectivity index (χ1n) is 5.91. The van der Waals surface area contributed by atoms with E-state index in [0.717, 1.165) is 25.4 Å². The van der Waals surface area contributed by atoms with E-state index in [9.17, 15) is 0 Å². The van der Waals surface area contributed by atoms with Gasteiger partial charge >= 0.3 is 0 Å². The van der Waals surface area contributed by atoms with E-state index in [2.05, 4.69) is 17.4 Å². The second kappa shape index (κ2) is 6.59. The van der Waals surface area contributed by atoms with Crippen molar-refractivity contribution < 1.29 is 14.2 Å². The minimum atomic E-state index is 0.182. The number of benzene rings is 1. The van der Waals surface area contributed by atoms with Crippen LogP contribution >= 0.6 is 0 Å². The van der Waals surface area contributed by atoms with Crippen molar-refractivity contribution >= 4 is 0 Å². The van der Waals surface area contributed by atoms with Gasteiger partial charge in [-0.15, -0.1) is 0 Å². The average Bonchev–Trinajstić information content (AvgIpc) is 2.41. The third kappa shape index (κ3) is 4.00. The summed E-state index contributed by atoms with van der Waals surface area (Å²) in [6, 6.07) is 8.06. The van der Waals surface area contributed by atoms with Crippen molar-refractivity contribution in [1.29, 1.82) is 0 Å². The molecule has 1 aliphatic heterocycles. The number of ether oxygens (including phenoxy) is 3. The molecule has 0 aromatic heterocycles. The molecule has 1 aliphatic rings. The fourth-order valence-electron chi connectivity index (χ4n) is 1.78. The Morgan fingerprint density at radius 1 is 1.29 bits per heavy atom. The molecule has 1 heterocycles. The third-order valence-electron chi connectivity index (χ3n) is 2.75. The first kappa shape index (κ1) is 12.4. The van der Waals surface area contributed by atoms with Gasteiger partial charge in [0.25, 0.3) is 0 Å². The van der Waals surface area contributed by atoms with Crippen LogP contribution in [0.4, 0.5) is 0 Å². The number of nitrogens with one attached hydrogen (secondary N) is 1. The zero-order valence-corrected chi connectivity index (χ0v) is 10.1. The highest BCUT2D eigenvalue weighted by Crippen LogP contribution is 2.11. The molecule has 0 saturated carbocycles. The van der Waals surface area contributed by atoms with Gasteiger partial charge in [-0.1, -0.05) is 12.1 Å². The molecule has 17 heavy (non-hydrogen) atoms. The van der Waals surface area contributed by atoms with E-state index < -0.39 is 0 Å². The number of rotatable bonds is 5. The summed E-state index contributed by atoms with van der Waals surface area (Å²) in [6.07, 6.45) is 0.182. The van der Waals surface area contributed by atoms with Gasteiger partial charge in [-0.2, -0.15) is 0 Å². The van der Waals surface area contributed by atoms with E-state index in [4.69, 9.17) is 14.2 Å². The van der Waals surface area contributed by atoms with E-state index in [1.807, 2.05) is 12.1 Å². The molecule has 0 amide bonds. The van der Waals surface area contributed by atoms with Crippen LogP contribution in [-0.4, -0.2) is 39.6 Å². The third-order valence-corrected chi connectivity index (χ3v) is 2.75. The van der Waals surface area contributed by atoms with Crippen LogP contribution in [0.2, 0.25) is 0 Å². The van der Waals surface area contributed by atoms with Gasteiger partial charge < -0.3 is 19.5 Å². The van der Waals surface area contributed by atoms with Crippen molar-refractivity contribution in [3.8, 4) is 5.75 Å². The predicted molar refractivity (Wildman–Crippen MR) is 65.3 cm³/mol. The van der Waals surface area contributed by atoms with Crippen molar-refractivity contribution in [1.82, 2.24) is 5.32 Å². The zero-order valence-electron chi connectivity index (χ0n) is 10.1. The molecule has 0 spiro atoms. The van der Waals surface area contributed by atoms with Crippen LogP contribution in [-0.2, 0) is 16.0 Å². The van der Waals surface area contributed by atoms with Crippen molar-refractivity contribution in [2.45, 2.75) is 12.6 Å². The Bertz CT molecular complexity index is 320. The fourth-order valence-corrected chi connectivity index (χ4v) is 1.78. The Morgan fingerprint density at radius 3 is 2.76 bits per heavy atom.